The Kier molecular flexibility index (Phi) is 26.6. The summed E-state index contributed by atoms with van der Waals surface area (Å²) < 4.78 is 121. The number of halogens is 1. The highest BCUT2D eigenvalue weighted by molar-refractivity contribution is 5.87. The van der Waals surface area contributed by atoms with E-state index in [1.165, 1.54) is 105 Å². The van der Waals surface area contributed by atoms with E-state index in [-0.39, 0.29) is 17.7 Å². The predicted molar refractivity (Wildman–Crippen MR) is 554 cm³/mol. The van der Waals surface area contributed by atoms with E-state index >= 15 is 4.39 Å². The Morgan fingerprint density at radius 2 is 0.612 bits per heavy atom. The molecule has 0 atom stereocenters. The van der Waals surface area contributed by atoms with Gasteiger partial charge in [0.25, 0.3) is 0 Å². The molecule has 0 aliphatic carbocycles. The Balaban J connectivity index is 0.000000169. The van der Waals surface area contributed by atoms with Crippen LogP contribution >= 0.6 is 0 Å². The third-order valence-corrected chi connectivity index (χ3v) is 26.2. The lowest BCUT2D eigenvalue weighted by Gasteiger charge is -2.17. The van der Waals surface area contributed by atoms with Crippen LogP contribution in [0.5, 0.6) is 0 Å². The molecule has 674 valence electrons. The van der Waals surface area contributed by atoms with Crippen molar-refractivity contribution in [3.63, 3.8) is 0 Å². The minimum absolute atomic E-state index is 0.0555. The highest BCUT2D eigenvalue weighted by Crippen LogP contribution is 2.39. The van der Waals surface area contributed by atoms with Crippen molar-refractivity contribution in [1.82, 2.24) is 0 Å². The molecule has 0 saturated heterocycles. The maximum Gasteiger partial charge on any atom is 0.213 e. The summed E-state index contributed by atoms with van der Waals surface area (Å²) in [7, 11) is 10.4. The summed E-state index contributed by atoms with van der Waals surface area (Å²) >= 11 is 0. The van der Waals surface area contributed by atoms with Gasteiger partial charge in [-0.25, -0.2) is 4.39 Å². The molecule has 0 aliphatic heterocycles. The monoisotopic (exact) mass is 1730 g/mol. The van der Waals surface area contributed by atoms with Gasteiger partial charge in [0.15, 0.2) is 0 Å². The van der Waals surface area contributed by atoms with Crippen LogP contribution in [0, 0.1) is 133 Å². The Bertz CT molecular complexity index is 7200. The molecule has 6 heteroatoms. The second-order valence-electron chi connectivity index (χ2n) is 40.2. The lowest BCUT2D eigenvalue weighted by molar-refractivity contribution is -0.633. The summed E-state index contributed by atoms with van der Waals surface area (Å²) in [6, 6.07) is 66.1. The van der Waals surface area contributed by atoms with Crippen molar-refractivity contribution < 1.29 is 43.7 Å². The molecule has 0 fully saturated rings. The molecule has 0 amide bonds. The fourth-order valence-corrected chi connectivity index (χ4v) is 19.0. The zero-order chi connectivity index (χ0) is 105. The van der Waals surface area contributed by atoms with Crippen LogP contribution in [0.15, 0.2) is 188 Å². The molecule has 0 bridgehead atoms. The number of aromatic nitrogens is 5. The van der Waals surface area contributed by atoms with Crippen LogP contribution in [0.3, 0.4) is 0 Å². The van der Waals surface area contributed by atoms with Gasteiger partial charge in [-0.2, -0.15) is 22.8 Å². The first-order valence-corrected chi connectivity index (χ1v) is 47.0. The van der Waals surface area contributed by atoms with Gasteiger partial charge in [-0.1, -0.05) is 199 Å². The number of nitrogens with zero attached hydrogens (tertiary/aromatic N) is 5. The molecule has 5 nitrogen and oxygen atoms in total. The molecule has 10 aromatic carbocycles. The summed E-state index contributed by atoms with van der Waals surface area (Å²) in [6.45, 7) is 48.6. The maximum absolute atomic E-state index is 15.3. The minimum atomic E-state index is -2.17. The normalized spacial score (nSPS) is 13.4. The fourth-order valence-electron chi connectivity index (χ4n) is 19.0. The first-order chi connectivity index (χ1) is 65.6. The molecule has 0 spiro atoms. The van der Waals surface area contributed by atoms with Crippen LogP contribution in [0.4, 0.5) is 4.39 Å². The van der Waals surface area contributed by atoms with Crippen LogP contribution in [0.1, 0.15) is 279 Å². The third kappa shape index (κ3) is 22.1. The van der Waals surface area contributed by atoms with E-state index in [1.807, 2.05) is 114 Å². The van der Waals surface area contributed by atoms with Crippen LogP contribution in [0.25, 0.3) is 111 Å². The van der Waals surface area contributed by atoms with Gasteiger partial charge in [0, 0.05) is 132 Å². The highest BCUT2D eigenvalue weighted by atomic mass is 19.1. The second-order valence-corrected chi connectivity index (χ2v) is 40.2. The molecule has 0 saturated carbocycles. The molecular weight excluding hydrogens is 1570 g/mol. The van der Waals surface area contributed by atoms with Crippen LogP contribution in [-0.2, 0) is 60.9 Å². The molecule has 15 aromatic rings. The van der Waals surface area contributed by atoms with Crippen LogP contribution < -0.4 is 22.8 Å². The van der Waals surface area contributed by atoms with Crippen LogP contribution in [0.2, 0.25) is 0 Å². The molecule has 0 N–H and O–H groups in total. The first kappa shape index (κ1) is 82.6. The second kappa shape index (κ2) is 41.5. The topological polar surface area (TPSA) is 19.4 Å². The van der Waals surface area contributed by atoms with Gasteiger partial charge in [0.1, 0.15) is 41.1 Å². The smallest absolute Gasteiger partial charge is 0.206 e. The van der Waals surface area contributed by atoms with Gasteiger partial charge in [-0.15, -0.1) is 0 Å². The fraction of sp³-hybridized carbons (Fsp3) is 0.390. The number of rotatable bonds is 17. The van der Waals surface area contributed by atoms with Gasteiger partial charge < -0.3 is 0 Å². The zero-order valence-corrected chi connectivity index (χ0v) is 84.0. The Labute approximate surface area is 794 Å². The highest BCUT2D eigenvalue weighted by Gasteiger charge is 2.29. The van der Waals surface area contributed by atoms with E-state index < -0.39 is 27.4 Å². The summed E-state index contributed by atoms with van der Waals surface area (Å²) in [5, 5.41) is 6.01. The molecule has 15 rings (SSSR count). The molecule has 0 aliphatic rings. The van der Waals surface area contributed by atoms with Gasteiger partial charge in [-0.05, 0) is 338 Å². The average Bonchev–Trinajstić information content (AvgIpc) is 0.761. The van der Waals surface area contributed by atoms with E-state index in [9.17, 15) is 0 Å². The SMILES string of the molecule is Cc1cc(C)c(C)c(-c2ccc3c(CC(C)C)cccc3[n+]2C)c1.[2H]C([2H])([2H])c1cc(C)cc(-c2ccc3c(C(C)C)c(F)c(C(C)C)cc3[n+]2C)c1C.[2H]C([2H])([2H])c1cc(C)cc(-c2ccc3c(C(C)C)cc(C(C)C)cc3[n+]2C)c1C.[2H]C([2H])([2H])c1cc(C)cc(-c2ccc3c(CC(C)C)cc(CC(C)C)cc3[n+]2C)c1C.[2H]C([2H])([2H])c1cc(C)cc(-c2ccc3ccc(CC(C)C)cc3[n+]2C)c1C. The molecular formula is C123H155FN5+5. The van der Waals surface area contributed by atoms with Crippen molar-refractivity contribution in [2.45, 2.75) is 264 Å². The van der Waals surface area contributed by atoms with Crippen molar-refractivity contribution in [2.75, 3.05) is 0 Å². The van der Waals surface area contributed by atoms with Crippen molar-refractivity contribution >= 4 is 54.5 Å². The van der Waals surface area contributed by atoms with Crippen molar-refractivity contribution in [3.8, 4) is 56.3 Å². The van der Waals surface area contributed by atoms with E-state index in [0.29, 0.717) is 63.3 Å². The molecule has 0 radical (unpaired) electrons. The lowest BCUT2D eigenvalue weighted by Crippen LogP contribution is -2.33. The van der Waals surface area contributed by atoms with Crippen molar-refractivity contribution in [2.24, 2.45) is 58.9 Å². The van der Waals surface area contributed by atoms with Crippen molar-refractivity contribution in [3.05, 3.63) is 322 Å². The number of benzene rings is 10. The Morgan fingerprint density at radius 3 is 1.02 bits per heavy atom. The predicted octanol–water partition coefficient (Wildman–Crippen LogP) is 30.7. The third-order valence-electron chi connectivity index (χ3n) is 26.2. The van der Waals surface area contributed by atoms with Crippen molar-refractivity contribution in [1.29, 1.82) is 0 Å². The molecule has 0 unspecified atom stereocenters. The number of fused-ring (bicyclic) bond motifs is 5. The summed E-state index contributed by atoms with van der Waals surface area (Å²) in [4.78, 5) is 0. The largest absolute Gasteiger partial charge is 0.213 e. The number of hydrogen-bond acceptors (Lipinski definition) is 0. The zero-order valence-electron chi connectivity index (χ0n) is 96.0. The molecule has 129 heavy (non-hydrogen) atoms. The van der Waals surface area contributed by atoms with Crippen LogP contribution in [-0.4, -0.2) is 0 Å². The van der Waals surface area contributed by atoms with Gasteiger partial charge in [-0.3, -0.25) is 0 Å². The summed E-state index contributed by atoms with van der Waals surface area (Å²) in [5.41, 5.74) is 38.9. The number of hydrogen-bond donors (Lipinski definition) is 0. The van der Waals surface area contributed by atoms with E-state index in [1.54, 1.807) is 24.3 Å². The Morgan fingerprint density at radius 1 is 0.271 bits per heavy atom. The summed E-state index contributed by atoms with van der Waals surface area (Å²) in [5.74, 6) is 3.35. The average molecular weight is 1730 g/mol. The summed E-state index contributed by atoms with van der Waals surface area (Å²) in [6.07, 6.45) is 4.28. The van der Waals surface area contributed by atoms with Gasteiger partial charge in [0.05, 0.1) is 5.39 Å². The van der Waals surface area contributed by atoms with E-state index in [4.69, 9.17) is 16.4 Å². The van der Waals surface area contributed by atoms with Gasteiger partial charge in [0.2, 0.25) is 56.1 Å². The number of pyridine rings is 5. The molecule has 5 aromatic heterocycles. The van der Waals surface area contributed by atoms with E-state index in [2.05, 4.69) is 294 Å². The number of aryl methyl sites for hydroxylation is 15. The maximum atomic E-state index is 15.3. The quantitative estimate of drug-likeness (QED) is 0.0810. The van der Waals surface area contributed by atoms with E-state index in [0.717, 1.165) is 132 Å². The minimum Gasteiger partial charge on any atom is -0.206 e. The standard InChI is InChI=1S/C27H36N.C25H31FN.C25H32N.2C23H28N/c1-17(2)11-22-15-23(12-18(3)4)24-9-10-26(28(8)27(24)16-22)25-14-19(5)13-20(6)21(25)7;1-14(2)20-13-23-19(24(15(3)4)25(20)26)9-10-22(27(23)8)21-12-16(5)11-17(6)18(21)7;1-15(2)20-13-22(16(3)4)21-9-10-24(26(8)25(21)14-20)23-12-17(5)11-18(6)19(23)7;1-15(2)11-19-7-8-20-9-10-22(24(6)23(20)14-19)21-13-16(3)12-17(4)18(21)5;1-15(2)12-19-8-7-9-22-20(19)10-11-23(24(22)6)21-14-16(3)13-17(4)18(21)5/h9-10,13-18H,11-12H2,1-8H3;9-15H,1-8H3;9-16H,1-8H3;7-10,12-15H,11H2,1-6H3;7-11,13-15H,12H2,1-6H3/q5*+1/i3*6D3;4D3;. The Hall–Kier alpha value is -10.8. The van der Waals surface area contributed by atoms with Gasteiger partial charge >= 0.3 is 0 Å². The first-order valence-electron chi connectivity index (χ1n) is 53.0. The lowest BCUT2D eigenvalue weighted by atomic mass is 9.90. The molecule has 5 heterocycles.